The van der Waals surface area contributed by atoms with Gasteiger partial charge in [0.05, 0.1) is 22.1 Å². The zero-order valence-corrected chi connectivity index (χ0v) is 11.2. The maximum Gasteiger partial charge on any atom is 0.0907 e. The number of hydrogen-bond donors (Lipinski definition) is 0. The van der Waals surface area contributed by atoms with Crippen LogP contribution < -0.4 is 0 Å². The summed E-state index contributed by atoms with van der Waals surface area (Å²) in [5.74, 6) is 0. The summed E-state index contributed by atoms with van der Waals surface area (Å²) < 4.78 is -0.0513. The van der Waals surface area contributed by atoms with Gasteiger partial charge in [0.1, 0.15) is 0 Å². The van der Waals surface area contributed by atoms with E-state index in [1.54, 1.807) is 0 Å². The van der Waals surface area contributed by atoms with Crippen LogP contribution in [0.5, 0.6) is 0 Å². The first kappa shape index (κ1) is 11.8. The van der Waals surface area contributed by atoms with E-state index < -0.39 is 8.07 Å². The largest absolute Gasteiger partial charge is 0.110 e. The lowest BCUT2D eigenvalue weighted by atomic mass is 10.9. The Morgan fingerprint density at radius 3 is 2.45 bits per heavy atom. The molecule has 0 nitrogen and oxygen atoms in total. The van der Waals surface area contributed by atoms with Crippen LogP contribution in [0.3, 0.4) is 0 Å². The van der Waals surface area contributed by atoms with Gasteiger partial charge >= 0.3 is 0 Å². The van der Waals surface area contributed by atoms with Crippen LogP contribution in [0.25, 0.3) is 0 Å². The Kier molecular flexibility index (Phi) is 5.78. The number of halogens is 2. The predicted octanol–water partition coefficient (Wildman–Crippen LogP) is 2.77. The summed E-state index contributed by atoms with van der Waals surface area (Å²) in [6, 6.07) is 2.57. The first-order valence-electron chi connectivity index (χ1n) is 3.90. The normalized spacial score (nSPS) is 13.2. The van der Waals surface area contributed by atoms with Crippen LogP contribution in [0.15, 0.2) is 12.3 Å². The van der Waals surface area contributed by atoms with Gasteiger partial charge in [-0.25, -0.2) is 0 Å². The fraction of sp³-hybridized carbons (Fsp3) is 0.714. The molecule has 0 fully saturated rings. The molecule has 0 rings (SSSR count). The predicted molar refractivity (Wildman–Crippen MR) is 61.3 cm³/mol. The highest BCUT2D eigenvalue weighted by molar-refractivity contribution is 6.83. The van der Waals surface area contributed by atoms with E-state index in [9.17, 15) is 0 Å². The third-order valence-electron chi connectivity index (χ3n) is 1.80. The molecule has 0 aromatic carbocycles. The molecule has 0 aliphatic carbocycles. The van der Waals surface area contributed by atoms with Gasteiger partial charge in [-0.3, -0.25) is 0 Å². The Labute approximate surface area is 82.8 Å². The first-order valence-corrected chi connectivity index (χ1v) is 9.87. The molecule has 66 valence electrons. The third kappa shape index (κ3) is 7.13. The third-order valence-corrected chi connectivity index (χ3v) is 7.76. The molecule has 0 amide bonds. The molecule has 0 heterocycles. The smallest absolute Gasteiger partial charge is 0.0907 e. The zero-order valence-electron chi connectivity index (χ0n) is 7.24. The molecule has 0 aliphatic heterocycles. The van der Waals surface area contributed by atoms with Gasteiger partial charge in [-0.05, 0) is 0 Å². The summed E-state index contributed by atoms with van der Waals surface area (Å²) in [6.07, 6.45) is 0. The van der Waals surface area contributed by atoms with E-state index in [0.29, 0.717) is 0 Å². The van der Waals surface area contributed by atoms with Gasteiger partial charge in [-0.1, -0.05) is 25.2 Å². The Hall–Kier alpha value is 0.754. The van der Waals surface area contributed by atoms with Crippen LogP contribution in [0, 0.1) is 0 Å². The summed E-state index contributed by atoms with van der Waals surface area (Å²) in [6.45, 7) is 8.49. The summed E-state index contributed by atoms with van der Waals surface area (Å²) in [5.41, 5.74) is 2.14. The maximum absolute atomic E-state index is 5.67. The molecule has 0 unspecified atom stereocenters. The van der Waals surface area contributed by atoms with Gasteiger partial charge in [0.2, 0.25) is 0 Å². The van der Waals surface area contributed by atoms with Crippen LogP contribution >= 0.6 is 23.2 Å². The summed E-state index contributed by atoms with van der Waals surface area (Å²) >= 11 is 11.3. The second-order valence-corrected chi connectivity index (χ2v) is 12.8. The van der Waals surface area contributed by atoms with Gasteiger partial charge < -0.3 is 0 Å². The number of alkyl halides is 2. The molecule has 0 radical (unpaired) electrons. The molecule has 0 spiro atoms. The van der Waals surface area contributed by atoms with Gasteiger partial charge in [0.25, 0.3) is 0 Å². The van der Waals surface area contributed by atoms with E-state index in [4.69, 9.17) is 23.2 Å². The van der Waals surface area contributed by atoms with Gasteiger partial charge in [-0.15, -0.1) is 35.5 Å². The Morgan fingerprint density at radius 1 is 1.55 bits per heavy atom. The molecule has 11 heavy (non-hydrogen) atoms. The van der Waals surface area contributed by atoms with Crippen LogP contribution in [0.2, 0.25) is 25.2 Å². The Bertz CT molecular complexity index is 124. The lowest BCUT2D eigenvalue weighted by molar-refractivity contribution is 1.34. The van der Waals surface area contributed by atoms with Crippen LogP contribution in [0.1, 0.15) is 0 Å². The Morgan fingerprint density at radius 2 is 2.09 bits per heavy atom. The molecular weight excluding hydrogens is 211 g/mol. The van der Waals surface area contributed by atoms with E-state index in [1.807, 2.05) is 0 Å². The van der Waals surface area contributed by atoms with Crippen molar-refractivity contribution in [3.63, 3.8) is 0 Å². The van der Waals surface area contributed by atoms with E-state index in [2.05, 4.69) is 25.4 Å². The molecule has 0 N–H and O–H groups in total. The monoisotopic (exact) mass is 226 g/mol. The molecule has 0 aromatic rings. The highest BCUT2D eigenvalue weighted by Crippen LogP contribution is 2.14. The minimum absolute atomic E-state index is 0.0513. The lowest BCUT2D eigenvalue weighted by Gasteiger charge is -2.16. The average Bonchev–Trinajstić information content (AvgIpc) is 1.87. The molecule has 0 aromatic heterocycles. The van der Waals surface area contributed by atoms with Crippen LogP contribution in [0.4, 0.5) is 0 Å². The van der Waals surface area contributed by atoms with Crippen molar-refractivity contribution in [1.29, 1.82) is 0 Å². The Balaban J connectivity index is 3.45. The zero-order chi connectivity index (χ0) is 8.91. The van der Waals surface area contributed by atoms with E-state index in [-0.39, 0.29) is 14.0 Å². The molecule has 0 saturated heterocycles. The van der Waals surface area contributed by atoms with Crippen molar-refractivity contribution in [1.82, 2.24) is 0 Å². The molecule has 4 heteroatoms. The van der Waals surface area contributed by atoms with E-state index >= 15 is 0 Å². The minimum atomic E-state index is -1.06. The standard InChI is InChI=1S/C7H16Cl2Si2/c1-4-11(2,3)6-5-10-7(8)9/h4,7H,1,5-6,10H2,2-3H3. The second-order valence-electron chi connectivity index (χ2n) is 3.48. The molecular formula is C7H16Cl2Si2. The molecule has 0 aliphatic rings. The fourth-order valence-electron chi connectivity index (χ4n) is 0.814. The van der Waals surface area contributed by atoms with Gasteiger partial charge in [0, 0.05) is 0 Å². The SMILES string of the molecule is C=C[Si](C)(C)CC[SiH2]C(Cl)Cl. The van der Waals surface area contributed by atoms with Crippen molar-refractivity contribution in [2.24, 2.45) is 0 Å². The average molecular weight is 227 g/mol. The van der Waals surface area contributed by atoms with Crippen molar-refractivity contribution in [3.05, 3.63) is 12.3 Å². The first-order chi connectivity index (χ1) is 4.98. The summed E-state index contributed by atoms with van der Waals surface area (Å²) in [4.78, 5) is 0. The van der Waals surface area contributed by atoms with Gasteiger partial charge in [-0.2, -0.15) is 0 Å². The second kappa shape index (κ2) is 5.41. The highest BCUT2D eigenvalue weighted by atomic mass is 35.5. The van der Waals surface area contributed by atoms with Crippen molar-refractivity contribution in [2.45, 2.75) is 29.6 Å². The maximum atomic E-state index is 5.67. The molecule has 0 atom stereocenters. The highest BCUT2D eigenvalue weighted by Gasteiger charge is 2.15. The fourth-order valence-corrected chi connectivity index (χ4v) is 6.71. The minimum Gasteiger partial charge on any atom is -0.110 e. The van der Waals surface area contributed by atoms with Crippen molar-refractivity contribution >= 4 is 40.8 Å². The molecule has 0 bridgehead atoms. The number of rotatable bonds is 5. The van der Waals surface area contributed by atoms with E-state index in [1.165, 1.54) is 12.1 Å². The summed E-state index contributed by atoms with van der Waals surface area (Å²) in [7, 11) is -1.29. The van der Waals surface area contributed by atoms with Crippen molar-refractivity contribution < 1.29 is 0 Å². The lowest BCUT2D eigenvalue weighted by Crippen LogP contribution is -2.22. The van der Waals surface area contributed by atoms with E-state index in [0.717, 1.165) is 0 Å². The van der Waals surface area contributed by atoms with Crippen molar-refractivity contribution in [3.8, 4) is 0 Å². The quantitative estimate of drug-likeness (QED) is 0.500. The topological polar surface area (TPSA) is 0 Å². The van der Waals surface area contributed by atoms with Crippen LogP contribution in [-0.4, -0.2) is 22.1 Å². The van der Waals surface area contributed by atoms with Gasteiger partial charge in [0.15, 0.2) is 0 Å². The molecule has 0 saturated carbocycles. The summed E-state index contributed by atoms with van der Waals surface area (Å²) in [5, 5.41) is 0. The van der Waals surface area contributed by atoms with Crippen LogP contribution in [-0.2, 0) is 0 Å². The number of hydrogen-bond acceptors (Lipinski definition) is 0. The van der Waals surface area contributed by atoms with Crippen molar-refractivity contribution in [2.75, 3.05) is 0 Å².